The molecule has 1 saturated carbocycles. The van der Waals surface area contributed by atoms with Crippen LogP contribution in [0.5, 0.6) is 0 Å². The Hall–Kier alpha value is -0.990. The fraction of sp³-hybridized carbons (Fsp3) is 0.833. The Bertz CT molecular complexity index is 299. The topological polar surface area (TPSA) is 65.0 Å². The van der Waals surface area contributed by atoms with Gasteiger partial charge >= 0.3 is 11.8 Å². The molecule has 0 bridgehead atoms. The molecular formula is C12H20N2O2+2. The molecule has 0 aromatic rings. The number of hydrogen-bond acceptors (Lipinski definition) is 2. The Morgan fingerprint density at radius 3 is 2.56 bits per heavy atom. The summed E-state index contributed by atoms with van der Waals surface area (Å²) in [5.74, 6) is 0.510. The summed E-state index contributed by atoms with van der Waals surface area (Å²) in [6, 6.07) is 0. The van der Waals surface area contributed by atoms with Gasteiger partial charge in [-0.15, -0.1) is 0 Å². The van der Waals surface area contributed by atoms with Crippen molar-refractivity contribution in [3.63, 3.8) is 0 Å². The molecule has 2 aliphatic rings. The van der Waals surface area contributed by atoms with Gasteiger partial charge in [0.2, 0.25) is 5.91 Å². The van der Waals surface area contributed by atoms with Gasteiger partial charge in [0.1, 0.15) is 0 Å². The van der Waals surface area contributed by atoms with Crippen LogP contribution in [0, 0.1) is 11.8 Å². The van der Waals surface area contributed by atoms with E-state index in [1.807, 2.05) is 18.1 Å². The van der Waals surface area contributed by atoms with Crippen LogP contribution in [0.2, 0.25) is 0 Å². The Balaban J connectivity index is 1.86. The Morgan fingerprint density at radius 2 is 2.06 bits per heavy atom. The number of rotatable bonds is 3. The average molecular weight is 224 g/mol. The fourth-order valence-corrected chi connectivity index (χ4v) is 2.71. The molecule has 4 nitrogen and oxygen atoms in total. The first-order valence-electron chi connectivity index (χ1n) is 6.12. The van der Waals surface area contributed by atoms with Crippen LogP contribution in [0.4, 0.5) is 0 Å². The van der Waals surface area contributed by atoms with Crippen molar-refractivity contribution in [2.45, 2.75) is 38.1 Å². The first-order chi connectivity index (χ1) is 7.59. The second kappa shape index (κ2) is 4.11. The molecule has 3 N–H and O–H groups in total. The van der Waals surface area contributed by atoms with E-state index in [1.54, 1.807) is 0 Å². The van der Waals surface area contributed by atoms with Crippen LogP contribution in [0.15, 0.2) is 0 Å². The van der Waals surface area contributed by atoms with Crippen molar-refractivity contribution >= 4 is 12.2 Å². The molecular weight excluding hydrogens is 204 g/mol. The predicted molar refractivity (Wildman–Crippen MR) is 59.0 cm³/mol. The SMILES string of the molecule is C[C@@H]1[C@@H](CC(=O)N2CCCCC2)C1([NH3+])[C+]=O. The fourth-order valence-electron chi connectivity index (χ4n) is 2.71. The second-order valence-electron chi connectivity index (χ2n) is 5.18. The van der Waals surface area contributed by atoms with Crippen molar-refractivity contribution in [2.75, 3.05) is 13.1 Å². The number of likely N-dealkylation sites (tertiary alicyclic amines) is 1. The van der Waals surface area contributed by atoms with E-state index < -0.39 is 5.54 Å². The van der Waals surface area contributed by atoms with Crippen molar-refractivity contribution in [3.8, 4) is 0 Å². The lowest BCUT2D eigenvalue weighted by Gasteiger charge is -2.26. The Kier molecular flexibility index (Phi) is 2.96. The maximum Gasteiger partial charge on any atom is 0.578 e. The van der Waals surface area contributed by atoms with E-state index in [1.165, 1.54) is 6.42 Å². The molecule has 1 amide bonds. The van der Waals surface area contributed by atoms with Gasteiger partial charge in [-0.3, -0.25) is 4.79 Å². The lowest BCUT2D eigenvalue weighted by atomic mass is 10.1. The predicted octanol–water partition coefficient (Wildman–Crippen LogP) is -0.255. The van der Waals surface area contributed by atoms with Gasteiger partial charge in [-0.2, -0.15) is 0 Å². The molecule has 0 aromatic heterocycles. The van der Waals surface area contributed by atoms with E-state index in [4.69, 9.17) is 0 Å². The molecule has 1 heterocycles. The van der Waals surface area contributed by atoms with Gasteiger partial charge in [0.05, 0.1) is 11.8 Å². The van der Waals surface area contributed by atoms with E-state index in [2.05, 4.69) is 5.73 Å². The van der Waals surface area contributed by atoms with E-state index in [9.17, 15) is 9.59 Å². The lowest BCUT2D eigenvalue weighted by Crippen LogP contribution is -2.67. The van der Waals surface area contributed by atoms with Gasteiger partial charge in [0, 0.05) is 24.3 Å². The van der Waals surface area contributed by atoms with E-state index >= 15 is 0 Å². The van der Waals surface area contributed by atoms with Crippen molar-refractivity contribution < 1.29 is 15.3 Å². The zero-order valence-corrected chi connectivity index (χ0v) is 9.87. The maximum absolute atomic E-state index is 12.0. The monoisotopic (exact) mass is 224 g/mol. The van der Waals surface area contributed by atoms with Crippen LogP contribution in [-0.2, 0) is 9.59 Å². The third-order valence-electron chi connectivity index (χ3n) is 4.26. The average Bonchev–Trinajstić information content (AvgIpc) is 2.84. The van der Waals surface area contributed by atoms with Gasteiger partial charge in [0.25, 0.3) is 0 Å². The summed E-state index contributed by atoms with van der Waals surface area (Å²) < 4.78 is 0. The number of carbonyl (C=O) groups is 1. The third-order valence-corrected chi connectivity index (χ3v) is 4.26. The Labute approximate surface area is 96.2 Å². The van der Waals surface area contributed by atoms with Crippen molar-refractivity contribution in [3.05, 3.63) is 0 Å². The van der Waals surface area contributed by atoms with Crippen molar-refractivity contribution in [2.24, 2.45) is 11.8 Å². The molecule has 16 heavy (non-hydrogen) atoms. The summed E-state index contributed by atoms with van der Waals surface area (Å²) in [4.78, 5) is 24.7. The third kappa shape index (κ3) is 1.83. The molecule has 1 aliphatic carbocycles. The number of hydrogen-bond donors (Lipinski definition) is 1. The number of nitrogens with zero attached hydrogens (tertiary/aromatic N) is 1. The number of quaternary nitrogens is 1. The molecule has 2 rings (SSSR count). The largest absolute Gasteiger partial charge is 0.578 e. The quantitative estimate of drug-likeness (QED) is 0.672. The minimum atomic E-state index is -0.606. The van der Waals surface area contributed by atoms with Gasteiger partial charge < -0.3 is 10.6 Å². The van der Waals surface area contributed by atoms with E-state index in [0.29, 0.717) is 6.42 Å². The number of carbonyl (C=O) groups excluding carboxylic acids is 2. The molecule has 0 radical (unpaired) electrons. The van der Waals surface area contributed by atoms with Crippen LogP contribution in [-0.4, -0.2) is 35.7 Å². The van der Waals surface area contributed by atoms with Gasteiger partial charge in [-0.1, -0.05) is 6.92 Å². The van der Waals surface area contributed by atoms with Crippen molar-refractivity contribution in [1.82, 2.24) is 4.90 Å². The van der Waals surface area contributed by atoms with Crippen LogP contribution in [0.25, 0.3) is 0 Å². The summed E-state index contributed by atoms with van der Waals surface area (Å²) in [7, 11) is 0. The minimum absolute atomic E-state index is 0.111. The summed E-state index contributed by atoms with van der Waals surface area (Å²) in [5, 5.41) is 0. The summed E-state index contributed by atoms with van der Waals surface area (Å²) in [6.07, 6.45) is 5.92. The molecule has 0 aromatic carbocycles. The summed E-state index contributed by atoms with van der Waals surface area (Å²) in [6.45, 7) is 3.75. The first kappa shape index (κ1) is 11.5. The Morgan fingerprint density at radius 1 is 1.44 bits per heavy atom. The first-order valence-corrected chi connectivity index (χ1v) is 6.12. The highest BCUT2D eigenvalue weighted by atomic mass is 16.2. The van der Waals surface area contributed by atoms with Gasteiger partial charge in [-0.05, 0) is 19.3 Å². The molecule has 88 valence electrons. The number of piperidine rings is 1. The van der Waals surface area contributed by atoms with Crippen LogP contribution in [0.1, 0.15) is 32.6 Å². The molecule has 1 unspecified atom stereocenters. The second-order valence-corrected chi connectivity index (χ2v) is 5.18. The van der Waals surface area contributed by atoms with E-state index in [-0.39, 0.29) is 17.7 Å². The summed E-state index contributed by atoms with van der Waals surface area (Å²) >= 11 is 0. The minimum Gasteiger partial charge on any atom is -0.343 e. The van der Waals surface area contributed by atoms with Crippen LogP contribution < -0.4 is 5.73 Å². The molecule has 2 fully saturated rings. The zero-order valence-electron chi connectivity index (χ0n) is 9.87. The van der Waals surface area contributed by atoms with E-state index in [0.717, 1.165) is 25.9 Å². The van der Waals surface area contributed by atoms with Crippen molar-refractivity contribution in [1.29, 1.82) is 0 Å². The highest BCUT2D eigenvalue weighted by Gasteiger charge is 2.77. The van der Waals surface area contributed by atoms with Crippen LogP contribution >= 0.6 is 0 Å². The molecule has 1 saturated heterocycles. The van der Waals surface area contributed by atoms with Gasteiger partial charge in [-0.25, -0.2) is 0 Å². The highest BCUT2D eigenvalue weighted by Crippen LogP contribution is 2.47. The van der Waals surface area contributed by atoms with Gasteiger partial charge in [0.15, 0.2) is 0 Å². The lowest BCUT2D eigenvalue weighted by molar-refractivity contribution is -0.420. The number of amides is 1. The maximum atomic E-state index is 12.0. The molecule has 1 aliphatic heterocycles. The zero-order chi connectivity index (χ0) is 11.8. The molecule has 4 heteroatoms. The normalized spacial score (nSPS) is 38.0. The molecule has 3 atom stereocenters. The molecule has 0 spiro atoms. The highest BCUT2D eigenvalue weighted by molar-refractivity contribution is 5.80. The smallest absolute Gasteiger partial charge is 0.343 e. The van der Waals surface area contributed by atoms with Crippen LogP contribution in [0.3, 0.4) is 0 Å². The summed E-state index contributed by atoms with van der Waals surface area (Å²) in [5.41, 5.74) is 3.26. The standard InChI is InChI=1S/C12H19N2O2/c1-9-10(12(9,13)8-15)7-11(16)14-5-3-2-4-6-14/h9-10H,2-7,13H2,1H3/q+1/p+1/t9-,10-,12?/m1/s1.